The van der Waals surface area contributed by atoms with Gasteiger partial charge in [-0.05, 0) is 45.3 Å². The normalized spacial score (nSPS) is 18.2. The number of anilines is 1. The maximum absolute atomic E-state index is 12.0. The van der Waals surface area contributed by atoms with Crippen molar-refractivity contribution in [2.75, 3.05) is 32.4 Å². The average molecular weight is 299 g/mol. The third-order valence-corrected chi connectivity index (χ3v) is 5.06. The Morgan fingerprint density at radius 1 is 1.35 bits per heavy atom. The van der Waals surface area contributed by atoms with Crippen LogP contribution in [0.25, 0.3) is 0 Å². The molecule has 2 rings (SSSR count). The molecule has 3 N–H and O–H groups in total. The number of hydrogen-bond donors (Lipinski definition) is 2. The molecule has 2 heterocycles. The lowest BCUT2D eigenvalue weighted by molar-refractivity contribution is 0.213. The van der Waals surface area contributed by atoms with Crippen molar-refractivity contribution in [3.63, 3.8) is 0 Å². The molecule has 1 aliphatic rings. The van der Waals surface area contributed by atoms with E-state index in [0.29, 0.717) is 12.5 Å². The van der Waals surface area contributed by atoms with Gasteiger partial charge in [-0.2, -0.15) is 0 Å². The van der Waals surface area contributed by atoms with Gasteiger partial charge in [0.15, 0.2) is 0 Å². The number of rotatable bonds is 5. The lowest BCUT2D eigenvalue weighted by Gasteiger charge is -2.28. The van der Waals surface area contributed by atoms with Crippen LogP contribution in [0.4, 0.5) is 5.95 Å². The van der Waals surface area contributed by atoms with Crippen LogP contribution in [0.15, 0.2) is 17.3 Å². The van der Waals surface area contributed by atoms with Gasteiger partial charge in [-0.3, -0.25) is 0 Å². The maximum atomic E-state index is 12.0. The highest BCUT2D eigenvalue weighted by Gasteiger charge is 2.19. The molecule has 0 spiro atoms. The zero-order valence-corrected chi connectivity index (χ0v) is 12.4. The van der Waals surface area contributed by atoms with Crippen LogP contribution in [0.1, 0.15) is 19.3 Å². The number of aromatic nitrogens is 2. The fraction of sp³-hybridized carbons (Fsp3) is 0.667. The first-order valence-corrected chi connectivity index (χ1v) is 8.21. The molecule has 0 radical (unpaired) electrons. The number of likely N-dealkylation sites (tertiary alicyclic amines) is 1. The largest absolute Gasteiger partial charge is 0.368 e. The summed E-state index contributed by atoms with van der Waals surface area (Å²) in [6.45, 7) is 2.62. The fourth-order valence-corrected chi connectivity index (χ4v) is 3.23. The molecule has 1 aromatic heterocycles. The molecule has 0 atom stereocenters. The molecule has 0 saturated carbocycles. The summed E-state index contributed by atoms with van der Waals surface area (Å²) in [7, 11) is -1.42. The third kappa shape index (κ3) is 4.12. The Kier molecular flexibility index (Phi) is 4.90. The summed E-state index contributed by atoms with van der Waals surface area (Å²) in [5, 5.41) is 0. The quantitative estimate of drug-likeness (QED) is 0.798. The summed E-state index contributed by atoms with van der Waals surface area (Å²) >= 11 is 0. The minimum atomic E-state index is -3.53. The molecule has 1 saturated heterocycles. The fourth-order valence-electron chi connectivity index (χ4n) is 2.30. The molecule has 8 heteroatoms. The van der Waals surface area contributed by atoms with Crippen molar-refractivity contribution in [1.82, 2.24) is 19.6 Å². The molecule has 1 aromatic rings. The minimum Gasteiger partial charge on any atom is -0.368 e. The SMILES string of the molecule is CN1CCC(CCNS(=O)(=O)c2cnc(N)nc2)CC1. The monoisotopic (exact) mass is 299 g/mol. The molecule has 1 fully saturated rings. The van der Waals surface area contributed by atoms with Gasteiger partial charge < -0.3 is 10.6 Å². The van der Waals surface area contributed by atoms with Crippen LogP contribution in [0.3, 0.4) is 0 Å². The van der Waals surface area contributed by atoms with E-state index in [4.69, 9.17) is 5.73 Å². The van der Waals surface area contributed by atoms with E-state index in [0.717, 1.165) is 32.4 Å². The number of nitrogens with zero attached hydrogens (tertiary/aromatic N) is 3. The van der Waals surface area contributed by atoms with E-state index in [2.05, 4.69) is 26.6 Å². The van der Waals surface area contributed by atoms with Crippen molar-refractivity contribution in [2.24, 2.45) is 5.92 Å². The Bertz CT molecular complexity index is 523. The van der Waals surface area contributed by atoms with Crippen molar-refractivity contribution >= 4 is 16.0 Å². The van der Waals surface area contributed by atoms with Gasteiger partial charge in [0, 0.05) is 6.54 Å². The average Bonchev–Trinajstić information content (AvgIpc) is 2.41. The van der Waals surface area contributed by atoms with Gasteiger partial charge >= 0.3 is 0 Å². The van der Waals surface area contributed by atoms with Crippen molar-refractivity contribution < 1.29 is 8.42 Å². The number of sulfonamides is 1. The first-order chi connectivity index (χ1) is 9.47. The van der Waals surface area contributed by atoms with Crippen LogP contribution >= 0.6 is 0 Å². The first-order valence-electron chi connectivity index (χ1n) is 6.73. The van der Waals surface area contributed by atoms with E-state index in [1.54, 1.807) is 0 Å². The second-order valence-electron chi connectivity index (χ2n) is 5.21. The Labute approximate surface area is 119 Å². The first kappa shape index (κ1) is 15.1. The Balaban J connectivity index is 1.82. The van der Waals surface area contributed by atoms with Crippen LogP contribution in [-0.2, 0) is 10.0 Å². The highest BCUT2D eigenvalue weighted by atomic mass is 32.2. The summed E-state index contributed by atoms with van der Waals surface area (Å²) in [4.78, 5) is 9.74. The van der Waals surface area contributed by atoms with Crippen molar-refractivity contribution in [1.29, 1.82) is 0 Å². The Morgan fingerprint density at radius 3 is 2.55 bits per heavy atom. The molecular formula is C12H21N5O2S. The van der Waals surface area contributed by atoms with Gasteiger partial charge in [-0.1, -0.05) is 0 Å². The van der Waals surface area contributed by atoms with Gasteiger partial charge in [-0.25, -0.2) is 23.1 Å². The summed E-state index contributed by atoms with van der Waals surface area (Å²) in [5.41, 5.74) is 5.34. The topological polar surface area (TPSA) is 101 Å². The van der Waals surface area contributed by atoms with Gasteiger partial charge in [0.1, 0.15) is 4.90 Å². The third-order valence-electron chi connectivity index (χ3n) is 3.64. The van der Waals surface area contributed by atoms with E-state index in [-0.39, 0.29) is 10.8 Å². The molecule has 0 bridgehead atoms. The number of hydrogen-bond acceptors (Lipinski definition) is 6. The number of nitrogens with two attached hydrogens (primary N) is 1. The Morgan fingerprint density at radius 2 is 1.95 bits per heavy atom. The minimum absolute atomic E-state index is 0.0510. The van der Waals surface area contributed by atoms with Crippen LogP contribution < -0.4 is 10.5 Å². The predicted octanol–water partition coefficient (Wildman–Crippen LogP) is 0.0690. The number of piperidine rings is 1. The van der Waals surface area contributed by atoms with Crippen molar-refractivity contribution in [3.05, 3.63) is 12.4 Å². The summed E-state index contributed by atoms with van der Waals surface area (Å²) < 4.78 is 26.6. The zero-order valence-electron chi connectivity index (χ0n) is 11.6. The van der Waals surface area contributed by atoms with Gasteiger partial charge in [0.05, 0.1) is 12.4 Å². The van der Waals surface area contributed by atoms with E-state index in [1.165, 1.54) is 12.4 Å². The van der Waals surface area contributed by atoms with Crippen molar-refractivity contribution in [2.45, 2.75) is 24.2 Å². The molecule has 20 heavy (non-hydrogen) atoms. The second kappa shape index (κ2) is 6.47. The number of nitrogen functional groups attached to an aromatic ring is 1. The van der Waals surface area contributed by atoms with Crippen LogP contribution in [0.5, 0.6) is 0 Å². The highest BCUT2D eigenvalue weighted by Crippen LogP contribution is 2.19. The number of nitrogens with one attached hydrogen (secondary N) is 1. The predicted molar refractivity (Wildman–Crippen MR) is 76.5 cm³/mol. The molecule has 0 aromatic carbocycles. The molecular weight excluding hydrogens is 278 g/mol. The zero-order chi connectivity index (χ0) is 14.6. The standard InChI is InChI=1S/C12H21N5O2S/c1-17-6-3-10(4-7-17)2-5-16-20(18,19)11-8-14-12(13)15-9-11/h8-10,16H,2-7H2,1H3,(H2,13,14,15). The molecule has 0 aliphatic carbocycles. The molecule has 1 aliphatic heterocycles. The summed E-state index contributed by atoms with van der Waals surface area (Å²) in [6.07, 6.45) is 5.57. The highest BCUT2D eigenvalue weighted by molar-refractivity contribution is 7.89. The van der Waals surface area contributed by atoms with E-state index < -0.39 is 10.0 Å². The Hall–Kier alpha value is -1.25. The lowest BCUT2D eigenvalue weighted by Crippen LogP contribution is -2.32. The van der Waals surface area contributed by atoms with E-state index in [1.807, 2.05) is 0 Å². The van der Waals surface area contributed by atoms with Gasteiger partial charge in [0.2, 0.25) is 16.0 Å². The van der Waals surface area contributed by atoms with Crippen LogP contribution in [0.2, 0.25) is 0 Å². The van der Waals surface area contributed by atoms with E-state index in [9.17, 15) is 8.42 Å². The van der Waals surface area contributed by atoms with Crippen molar-refractivity contribution in [3.8, 4) is 0 Å². The molecule has 0 amide bonds. The van der Waals surface area contributed by atoms with Crippen LogP contribution in [-0.4, -0.2) is 50.0 Å². The second-order valence-corrected chi connectivity index (χ2v) is 6.98. The maximum Gasteiger partial charge on any atom is 0.243 e. The molecule has 0 unspecified atom stereocenters. The summed E-state index contributed by atoms with van der Waals surface area (Å²) in [5.74, 6) is 0.659. The molecule has 7 nitrogen and oxygen atoms in total. The lowest BCUT2D eigenvalue weighted by atomic mass is 9.94. The van der Waals surface area contributed by atoms with Gasteiger partial charge in [0.25, 0.3) is 0 Å². The van der Waals surface area contributed by atoms with Crippen LogP contribution in [0, 0.1) is 5.92 Å². The van der Waals surface area contributed by atoms with E-state index >= 15 is 0 Å². The van der Waals surface area contributed by atoms with Gasteiger partial charge in [-0.15, -0.1) is 0 Å². The molecule has 112 valence electrons. The smallest absolute Gasteiger partial charge is 0.243 e. The summed E-state index contributed by atoms with van der Waals surface area (Å²) in [6, 6.07) is 0.